The van der Waals surface area contributed by atoms with Crippen molar-refractivity contribution in [1.82, 2.24) is 5.32 Å². The highest BCUT2D eigenvalue weighted by Crippen LogP contribution is 2.31. The van der Waals surface area contributed by atoms with Crippen molar-refractivity contribution in [3.63, 3.8) is 0 Å². The summed E-state index contributed by atoms with van der Waals surface area (Å²) in [6.07, 6.45) is 0. The lowest BCUT2D eigenvalue weighted by Crippen LogP contribution is -2.19. The number of rotatable bonds is 7. The summed E-state index contributed by atoms with van der Waals surface area (Å²) in [6, 6.07) is 15.0. The molecule has 21 heavy (non-hydrogen) atoms. The van der Waals surface area contributed by atoms with Gasteiger partial charge in [-0.25, -0.2) is 0 Å². The average Bonchev–Trinajstić information content (AvgIpc) is 2.48. The minimum Gasteiger partial charge on any atom is -0.383 e. The summed E-state index contributed by atoms with van der Waals surface area (Å²) in [5, 5.41) is 3.42. The van der Waals surface area contributed by atoms with E-state index < -0.39 is 0 Å². The van der Waals surface area contributed by atoms with Crippen molar-refractivity contribution in [2.24, 2.45) is 0 Å². The number of methoxy groups -OCH3 is 1. The number of benzene rings is 2. The molecule has 4 heteroatoms. The van der Waals surface area contributed by atoms with E-state index in [0.29, 0.717) is 0 Å². The van der Waals surface area contributed by atoms with Crippen molar-refractivity contribution in [2.75, 3.05) is 20.3 Å². The van der Waals surface area contributed by atoms with Crippen LogP contribution in [0, 0.1) is 6.92 Å². The molecule has 0 unspecified atom stereocenters. The molecule has 0 heterocycles. The first-order valence-corrected chi connectivity index (χ1v) is 8.52. The van der Waals surface area contributed by atoms with Crippen LogP contribution in [0.1, 0.15) is 11.1 Å². The van der Waals surface area contributed by atoms with E-state index in [0.717, 1.165) is 24.2 Å². The fourth-order valence-electron chi connectivity index (χ4n) is 1.97. The molecule has 0 saturated carbocycles. The van der Waals surface area contributed by atoms with Crippen molar-refractivity contribution < 1.29 is 4.74 Å². The van der Waals surface area contributed by atoms with Gasteiger partial charge < -0.3 is 10.1 Å². The molecule has 1 N–H and O–H groups in total. The van der Waals surface area contributed by atoms with Crippen molar-refractivity contribution in [3.05, 3.63) is 58.1 Å². The summed E-state index contributed by atoms with van der Waals surface area (Å²) in [5.41, 5.74) is 2.62. The summed E-state index contributed by atoms with van der Waals surface area (Å²) in [7, 11) is 1.73. The van der Waals surface area contributed by atoms with E-state index in [1.807, 2.05) is 0 Å². The molecule has 0 saturated heterocycles. The number of halogens is 1. The Kier molecular flexibility index (Phi) is 6.77. The Balaban J connectivity index is 2.08. The first kappa shape index (κ1) is 16.6. The molecule has 2 aromatic carbocycles. The molecular formula is C17H20BrNOS. The van der Waals surface area contributed by atoms with Crippen LogP contribution in [0.4, 0.5) is 0 Å². The zero-order valence-electron chi connectivity index (χ0n) is 12.4. The zero-order valence-corrected chi connectivity index (χ0v) is 14.8. The van der Waals surface area contributed by atoms with Gasteiger partial charge in [0.15, 0.2) is 0 Å². The van der Waals surface area contributed by atoms with E-state index >= 15 is 0 Å². The molecule has 0 aliphatic rings. The molecule has 0 fully saturated rings. The van der Waals surface area contributed by atoms with E-state index in [-0.39, 0.29) is 0 Å². The molecule has 2 nitrogen and oxygen atoms in total. The molecule has 0 spiro atoms. The number of hydrogen-bond acceptors (Lipinski definition) is 3. The van der Waals surface area contributed by atoms with Crippen molar-refractivity contribution in [3.8, 4) is 0 Å². The molecule has 0 bridgehead atoms. The Hall–Kier alpha value is -0.810. The first-order chi connectivity index (χ1) is 10.2. The number of hydrogen-bond donors (Lipinski definition) is 1. The third-order valence-electron chi connectivity index (χ3n) is 3.06. The van der Waals surface area contributed by atoms with Crippen LogP contribution in [0.25, 0.3) is 0 Å². The van der Waals surface area contributed by atoms with E-state index in [9.17, 15) is 0 Å². The maximum absolute atomic E-state index is 5.07. The maximum atomic E-state index is 5.07. The fourth-order valence-corrected chi connectivity index (χ4v) is 3.16. The fraction of sp³-hybridized carbons (Fsp3) is 0.294. The predicted molar refractivity (Wildman–Crippen MR) is 93.0 cm³/mol. The van der Waals surface area contributed by atoms with Crippen LogP contribution in [-0.4, -0.2) is 20.3 Å². The molecule has 0 aliphatic heterocycles. The second-order valence-electron chi connectivity index (χ2n) is 4.84. The van der Waals surface area contributed by atoms with Gasteiger partial charge in [0.1, 0.15) is 0 Å². The van der Waals surface area contributed by atoms with Crippen molar-refractivity contribution >= 4 is 27.7 Å². The van der Waals surface area contributed by atoms with E-state index in [1.165, 1.54) is 20.9 Å². The highest BCUT2D eigenvalue weighted by Gasteiger charge is 2.05. The molecule has 0 aromatic heterocycles. The third-order valence-corrected chi connectivity index (χ3v) is 4.71. The van der Waals surface area contributed by atoms with Gasteiger partial charge in [0.25, 0.3) is 0 Å². The van der Waals surface area contributed by atoms with E-state index in [2.05, 4.69) is 70.6 Å². The lowest BCUT2D eigenvalue weighted by atomic mass is 10.1. The normalized spacial score (nSPS) is 10.8. The van der Waals surface area contributed by atoms with Crippen LogP contribution >= 0.6 is 27.7 Å². The first-order valence-electron chi connectivity index (χ1n) is 6.91. The van der Waals surface area contributed by atoms with Gasteiger partial charge in [0, 0.05) is 34.5 Å². The highest BCUT2D eigenvalue weighted by atomic mass is 79.9. The Bertz CT molecular complexity index is 572. The molecule has 0 radical (unpaired) electrons. The van der Waals surface area contributed by atoms with Crippen LogP contribution < -0.4 is 5.32 Å². The SMILES string of the molecule is COCCNCc1cc(C)ccc1Sc1ccc(Br)cc1. The van der Waals surface area contributed by atoms with Crippen LogP contribution in [-0.2, 0) is 11.3 Å². The Morgan fingerprint density at radius 2 is 1.90 bits per heavy atom. The smallest absolute Gasteiger partial charge is 0.0587 e. The Morgan fingerprint density at radius 3 is 2.62 bits per heavy atom. The minimum atomic E-state index is 0.737. The van der Waals surface area contributed by atoms with Gasteiger partial charge >= 0.3 is 0 Å². The summed E-state index contributed by atoms with van der Waals surface area (Å²) < 4.78 is 6.18. The third kappa shape index (κ3) is 5.47. The molecule has 2 rings (SSSR count). The standard InChI is InChI=1S/C17H20BrNOS/c1-13-3-8-17(14(11-13)12-19-9-10-20-2)21-16-6-4-15(18)5-7-16/h3-8,11,19H,9-10,12H2,1-2H3. The molecule has 2 aromatic rings. The largest absolute Gasteiger partial charge is 0.383 e. The minimum absolute atomic E-state index is 0.737. The van der Waals surface area contributed by atoms with Crippen LogP contribution in [0.3, 0.4) is 0 Å². The van der Waals surface area contributed by atoms with Crippen LogP contribution in [0.15, 0.2) is 56.7 Å². The Morgan fingerprint density at radius 1 is 1.14 bits per heavy atom. The quantitative estimate of drug-likeness (QED) is 0.721. The Labute approximate surface area is 139 Å². The van der Waals surface area contributed by atoms with E-state index in [1.54, 1.807) is 18.9 Å². The summed E-state index contributed by atoms with van der Waals surface area (Å²) in [5.74, 6) is 0. The highest BCUT2D eigenvalue weighted by molar-refractivity contribution is 9.10. The van der Waals surface area contributed by atoms with Gasteiger partial charge in [-0.05, 0) is 42.8 Å². The lowest BCUT2D eigenvalue weighted by molar-refractivity contribution is 0.199. The molecular weight excluding hydrogens is 346 g/mol. The summed E-state index contributed by atoms with van der Waals surface area (Å²) in [6.45, 7) is 4.60. The summed E-state index contributed by atoms with van der Waals surface area (Å²) in [4.78, 5) is 2.55. The van der Waals surface area contributed by atoms with Crippen LogP contribution in [0.2, 0.25) is 0 Å². The monoisotopic (exact) mass is 365 g/mol. The van der Waals surface area contributed by atoms with Gasteiger partial charge in [0.2, 0.25) is 0 Å². The van der Waals surface area contributed by atoms with Crippen molar-refractivity contribution in [1.29, 1.82) is 0 Å². The number of nitrogens with one attached hydrogen (secondary N) is 1. The average molecular weight is 366 g/mol. The van der Waals surface area contributed by atoms with Crippen molar-refractivity contribution in [2.45, 2.75) is 23.3 Å². The van der Waals surface area contributed by atoms with Gasteiger partial charge in [-0.15, -0.1) is 0 Å². The number of aryl methyl sites for hydroxylation is 1. The van der Waals surface area contributed by atoms with Gasteiger partial charge in [0.05, 0.1) is 6.61 Å². The second kappa shape index (κ2) is 8.59. The molecule has 0 amide bonds. The topological polar surface area (TPSA) is 21.3 Å². The van der Waals surface area contributed by atoms with Gasteiger partial charge in [-0.1, -0.05) is 45.4 Å². The van der Waals surface area contributed by atoms with Crippen LogP contribution in [0.5, 0.6) is 0 Å². The zero-order chi connectivity index (χ0) is 15.1. The second-order valence-corrected chi connectivity index (χ2v) is 6.87. The predicted octanol–water partition coefficient (Wildman–Crippen LogP) is 4.64. The van der Waals surface area contributed by atoms with Gasteiger partial charge in [-0.3, -0.25) is 0 Å². The molecule has 112 valence electrons. The lowest BCUT2D eigenvalue weighted by Gasteiger charge is -2.11. The molecule has 0 atom stereocenters. The molecule has 0 aliphatic carbocycles. The number of ether oxygens (including phenoxy) is 1. The maximum Gasteiger partial charge on any atom is 0.0587 e. The van der Waals surface area contributed by atoms with Gasteiger partial charge in [-0.2, -0.15) is 0 Å². The summed E-state index contributed by atoms with van der Waals surface area (Å²) >= 11 is 5.28. The van der Waals surface area contributed by atoms with E-state index in [4.69, 9.17) is 4.74 Å².